The largest absolute Gasteiger partial charge is 0.488 e. The third kappa shape index (κ3) is 4.66. The molecular weight excluding hydrogens is 366 g/mol. The van der Waals surface area contributed by atoms with E-state index in [0.29, 0.717) is 6.10 Å². The molecule has 0 unspecified atom stereocenters. The highest BCUT2D eigenvalue weighted by molar-refractivity contribution is 5.98. The lowest BCUT2D eigenvalue weighted by atomic mass is 9.88. The van der Waals surface area contributed by atoms with Crippen molar-refractivity contribution >= 4 is 11.1 Å². The van der Waals surface area contributed by atoms with Gasteiger partial charge >= 0.3 is 0 Å². The van der Waals surface area contributed by atoms with E-state index < -0.39 is 0 Å². The molecule has 1 fully saturated rings. The Morgan fingerprint density at radius 1 is 0.767 bits per heavy atom. The summed E-state index contributed by atoms with van der Waals surface area (Å²) in [7, 11) is 0. The maximum atomic E-state index is 6.18. The van der Waals surface area contributed by atoms with Gasteiger partial charge in [0.25, 0.3) is 0 Å². The van der Waals surface area contributed by atoms with Crippen molar-refractivity contribution in [1.82, 2.24) is 4.90 Å². The minimum atomic E-state index is 0.321. The summed E-state index contributed by atoms with van der Waals surface area (Å²) in [5.74, 6) is 0.963. The zero-order chi connectivity index (χ0) is 20.8. The number of allylic oxidation sites excluding steroid dienone is 1. The van der Waals surface area contributed by atoms with Crippen molar-refractivity contribution in [3.8, 4) is 5.75 Å². The topological polar surface area (TPSA) is 12.5 Å². The van der Waals surface area contributed by atoms with Gasteiger partial charge in [-0.15, -0.1) is 0 Å². The average molecular weight is 398 g/mol. The lowest BCUT2D eigenvalue weighted by Gasteiger charge is -2.38. The number of hydrogen-bond donors (Lipinski definition) is 0. The van der Waals surface area contributed by atoms with Gasteiger partial charge in [0.05, 0.1) is 0 Å². The number of rotatable bonds is 8. The summed E-state index contributed by atoms with van der Waals surface area (Å²) < 4.78 is 6.18. The Morgan fingerprint density at radius 2 is 1.33 bits per heavy atom. The number of hydrogen-bond acceptors (Lipinski definition) is 2. The molecule has 0 atom stereocenters. The van der Waals surface area contributed by atoms with E-state index in [2.05, 4.69) is 104 Å². The summed E-state index contributed by atoms with van der Waals surface area (Å²) in [6, 6.07) is 30.1. The van der Waals surface area contributed by atoms with Gasteiger partial charge < -0.3 is 4.74 Å². The summed E-state index contributed by atoms with van der Waals surface area (Å²) in [6.07, 6.45) is 2.50. The fourth-order valence-electron chi connectivity index (χ4n) is 4.27. The van der Waals surface area contributed by atoms with Gasteiger partial charge in [-0.3, -0.25) is 4.90 Å². The predicted molar refractivity (Wildman–Crippen MR) is 127 cm³/mol. The second-order valence-electron chi connectivity index (χ2n) is 7.96. The molecule has 0 bridgehead atoms. The van der Waals surface area contributed by atoms with E-state index in [1.165, 1.54) is 40.8 Å². The van der Waals surface area contributed by atoms with E-state index >= 15 is 0 Å². The van der Waals surface area contributed by atoms with Crippen molar-refractivity contribution in [1.29, 1.82) is 0 Å². The Hall–Kier alpha value is -2.84. The molecule has 0 N–H and O–H groups in total. The third-order valence-electron chi connectivity index (χ3n) is 5.75. The molecule has 0 amide bonds. The van der Waals surface area contributed by atoms with E-state index in [4.69, 9.17) is 4.74 Å². The third-order valence-corrected chi connectivity index (χ3v) is 5.75. The molecule has 1 aliphatic heterocycles. The first-order valence-electron chi connectivity index (χ1n) is 11.1. The number of likely N-dealkylation sites (tertiary alicyclic amines) is 1. The van der Waals surface area contributed by atoms with Crippen molar-refractivity contribution < 1.29 is 4.74 Å². The normalized spacial score (nSPS) is 15.4. The summed E-state index contributed by atoms with van der Waals surface area (Å²) in [4.78, 5) is 2.45. The van der Waals surface area contributed by atoms with Gasteiger partial charge in [0.15, 0.2) is 0 Å². The summed E-state index contributed by atoms with van der Waals surface area (Å²) in [6.45, 7) is 7.72. The van der Waals surface area contributed by atoms with Crippen molar-refractivity contribution in [2.45, 2.75) is 32.8 Å². The highest BCUT2D eigenvalue weighted by Gasteiger charge is 2.27. The van der Waals surface area contributed by atoms with Gasteiger partial charge in [-0.05, 0) is 59.4 Å². The Morgan fingerprint density at radius 3 is 1.90 bits per heavy atom. The van der Waals surface area contributed by atoms with Crippen LogP contribution in [0.4, 0.5) is 0 Å². The van der Waals surface area contributed by atoms with Crippen LogP contribution in [0.1, 0.15) is 43.4 Å². The van der Waals surface area contributed by atoms with Crippen LogP contribution in [0.15, 0.2) is 84.9 Å². The van der Waals surface area contributed by atoms with Crippen molar-refractivity contribution in [2.24, 2.45) is 0 Å². The second kappa shape index (κ2) is 9.77. The number of nitrogens with zero attached hydrogens (tertiary/aromatic N) is 1. The molecule has 3 aromatic rings. The molecular formula is C28H31NO. The molecule has 4 rings (SSSR count). The van der Waals surface area contributed by atoms with Crippen LogP contribution in [-0.2, 0) is 0 Å². The van der Waals surface area contributed by atoms with Crippen molar-refractivity contribution in [2.75, 3.05) is 19.6 Å². The van der Waals surface area contributed by atoms with Gasteiger partial charge in [0, 0.05) is 13.1 Å². The van der Waals surface area contributed by atoms with Gasteiger partial charge in [-0.2, -0.15) is 0 Å². The SMILES string of the molecule is CCCN1CC(Oc2ccc(C(=C(CC)c3ccccc3)c3ccccc3)cc2)C1. The molecule has 154 valence electrons. The summed E-state index contributed by atoms with van der Waals surface area (Å²) in [5, 5.41) is 0. The minimum Gasteiger partial charge on any atom is -0.488 e. The lowest BCUT2D eigenvalue weighted by Crippen LogP contribution is -2.53. The highest BCUT2D eigenvalue weighted by atomic mass is 16.5. The standard InChI is InChI=1S/C28H31NO/c1-3-19-29-20-26(21-29)30-25-17-15-24(16-18-25)28(23-13-9-6-10-14-23)27(4-2)22-11-7-5-8-12-22/h5-18,26H,3-4,19-21H2,1-2H3. The van der Waals surface area contributed by atoms with Crippen LogP contribution in [0.5, 0.6) is 5.75 Å². The fraction of sp³-hybridized carbons (Fsp3) is 0.286. The maximum Gasteiger partial charge on any atom is 0.124 e. The molecule has 0 spiro atoms. The predicted octanol–water partition coefficient (Wildman–Crippen LogP) is 6.53. The van der Waals surface area contributed by atoms with Crippen LogP contribution in [-0.4, -0.2) is 30.6 Å². The van der Waals surface area contributed by atoms with Crippen LogP contribution in [0.25, 0.3) is 11.1 Å². The zero-order valence-electron chi connectivity index (χ0n) is 18.1. The average Bonchev–Trinajstić information content (AvgIpc) is 2.78. The second-order valence-corrected chi connectivity index (χ2v) is 7.96. The Bertz CT molecular complexity index is 955. The molecule has 2 nitrogen and oxygen atoms in total. The summed E-state index contributed by atoms with van der Waals surface area (Å²) in [5.41, 5.74) is 6.43. The zero-order valence-corrected chi connectivity index (χ0v) is 18.1. The van der Waals surface area contributed by atoms with Crippen LogP contribution in [0.3, 0.4) is 0 Å². The van der Waals surface area contributed by atoms with Crippen LogP contribution in [0, 0.1) is 0 Å². The van der Waals surface area contributed by atoms with Crippen LogP contribution < -0.4 is 4.74 Å². The quantitative estimate of drug-likeness (QED) is 0.401. The van der Waals surface area contributed by atoms with E-state index in [0.717, 1.165) is 25.3 Å². The van der Waals surface area contributed by atoms with E-state index in [-0.39, 0.29) is 0 Å². The number of ether oxygens (including phenoxy) is 1. The smallest absolute Gasteiger partial charge is 0.124 e. The molecule has 2 heteroatoms. The molecule has 0 aromatic heterocycles. The fourth-order valence-corrected chi connectivity index (χ4v) is 4.27. The van der Waals surface area contributed by atoms with E-state index in [1.54, 1.807) is 0 Å². The van der Waals surface area contributed by atoms with Crippen LogP contribution >= 0.6 is 0 Å². The van der Waals surface area contributed by atoms with Gasteiger partial charge in [0.2, 0.25) is 0 Å². The molecule has 3 aromatic carbocycles. The van der Waals surface area contributed by atoms with Gasteiger partial charge in [-0.25, -0.2) is 0 Å². The maximum absolute atomic E-state index is 6.18. The lowest BCUT2D eigenvalue weighted by molar-refractivity contribution is 0.0202. The first-order chi connectivity index (χ1) is 14.8. The molecule has 0 saturated carbocycles. The van der Waals surface area contributed by atoms with Gasteiger partial charge in [-0.1, -0.05) is 86.6 Å². The molecule has 1 saturated heterocycles. The Balaban J connectivity index is 1.63. The molecule has 1 heterocycles. The first-order valence-corrected chi connectivity index (χ1v) is 11.1. The number of benzene rings is 3. The monoisotopic (exact) mass is 397 g/mol. The Kier molecular flexibility index (Phi) is 6.66. The minimum absolute atomic E-state index is 0.321. The molecule has 0 radical (unpaired) electrons. The molecule has 1 aliphatic rings. The van der Waals surface area contributed by atoms with Gasteiger partial charge in [0.1, 0.15) is 11.9 Å². The van der Waals surface area contributed by atoms with E-state index in [1.807, 2.05) is 0 Å². The highest BCUT2D eigenvalue weighted by Crippen LogP contribution is 2.35. The van der Waals surface area contributed by atoms with Crippen molar-refractivity contribution in [3.63, 3.8) is 0 Å². The first kappa shape index (κ1) is 20.4. The molecule has 0 aliphatic carbocycles. The van der Waals surface area contributed by atoms with Crippen LogP contribution in [0.2, 0.25) is 0 Å². The summed E-state index contributed by atoms with van der Waals surface area (Å²) >= 11 is 0. The molecule has 30 heavy (non-hydrogen) atoms. The van der Waals surface area contributed by atoms with E-state index in [9.17, 15) is 0 Å². The Labute approximate surface area is 180 Å². The van der Waals surface area contributed by atoms with Crippen molar-refractivity contribution in [3.05, 3.63) is 102 Å².